The number of benzene rings is 1. The Labute approximate surface area is 137 Å². The minimum absolute atomic E-state index is 0.0239. The second-order valence-electron chi connectivity index (χ2n) is 4.95. The molecule has 7 nitrogen and oxygen atoms in total. The Kier molecular flexibility index (Phi) is 3.87. The quantitative estimate of drug-likeness (QED) is 0.585. The van der Waals surface area contributed by atoms with Crippen LogP contribution in [0.3, 0.4) is 0 Å². The third kappa shape index (κ3) is 2.76. The molecular weight excluding hydrogens is 306 g/mol. The van der Waals surface area contributed by atoms with E-state index in [1.807, 2.05) is 12.1 Å². The van der Waals surface area contributed by atoms with Crippen molar-refractivity contribution in [3.8, 4) is 28.6 Å². The maximum atomic E-state index is 10.8. The molecule has 3 rings (SSSR count). The molecule has 2 heterocycles. The molecule has 0 radical (unpaired) electrons. The Balaban J connectivity index is 2.17. The van der Waals surface area contributed by atoms with Crippen molar-refractivity contribution in [3.05, 3.63) is 70.4 Å². The van der Waals surface area contributed by atoms with E-state index < -0.39 is 4.92 Å². The van der Waals surface area contributed by atoms with Gasteiger partial charge in [0.05, 0.1) is 16.3 Å². The first-order valence-electron chi connectivity index (χ1n) is 6.97. The molecule has 0 aliphatic rings. The fourth-order valence-corrected chi connectivity index (χ4v) is 2.32. The summed E-state index contributed by atoms with van der Waals surface area (Å²) in [6.45, 7) is 0. The number of nitrogens with two attached hydrogens (primary N) is 1. The second kappa shape index (κ2) is 6.14. The predicted molar refractivity (Wildman–Crippen MR) is 88.7 cm³/mol. The van der Waals surface area contributed by atoms with Crippen LogP contribution < -0.4 is 5.73 Å². The number of hydrogen-bond donors (Lipinski definition) is 1. The number of non-ortho nitro benzene ring substituents is 1. The van der Waals surface area contributed by atoms with E-state index in [0.29, 0.717) is 22.5 Å². The van der Waals surface area contributed by atoms with E-state index in [-0.39, 0.29) is 17.1 Å². The van der Waals surface area contributed by atoms with Crippen molar-refractivity contribution in [1.82, 2.24) is 9.97 Å². The highest BCUT2D eigenvalue weighted by atomic mass is 16.6. The number of pyridine rings is 2. The van der Waals surface area contributed by atoms with Crippen LogP contribution >= 0.6 is 0 Å². The molecule has 0 spiro atoms. The van der Waals surface area contributed by atoms with Crippen LogP contribution in [0.2, 0.25) is 0 Å². The molecule has 3 aromatic rings. The smallest absolute Gasteiger partial charge is 0.269 e. The van der Waals surface area contributed by atoms with Gasteiger partial charge >= 0.3 is 0 Å². The molecule has 7 heteroatoms. The zero-order valence-electron chi connectivity index (χ0n) is 12.4. The number of rotatable bonds is 3. The lowest BCUT2D eigenvalue weighted by Gasteiger charge is -2.09. The zero-order chi connectivity index (χ0) is 17.1. The molecule has 0 unspecified atom stereocenters. The van der Waals surface area contributed by atoms with E-state index >= 15 is 0 Å². The highest BCUT2D eigenvalue weighted by Crippen LogP contribution is 2.31. The Bertz CT molecular complexity index is 947. The van der Waals surface area contributed by atoms with Gasteiger partial charge in [0.15, 0.2) is 0 Å². The maximum Gasteiger partial charge on any atom is 0.269 e. The van der Waals surface area contributed by atoms with Gasteiger partial charge < -0.3 is 5.73 Å². The molecule has 0 amide bonds. The molecule has 0 atom stereocenters. The van der Waals surface area contributed by atoms with Crippen molar-refractivity contribution < 1.29 is 4.92 Å². The van der Waals surface area contributed by atoms with Gasteiger partial charge in [0, 0.05) is 23.9 Å². The van der Waals surface area contributed by atoms with Crippen LogP contribution in [0.5, 0.6) is 0 Å². The SMILES string of the molecule is N#Cc1c(-c2ccc([N+](=O)[O-])cc2)cc(-c2ccccn2)nc1N. The Hall–Kier alpha value is -3.79. The highest BCUT2D eigenvalue weighted by Gasteiger charge is 2.15. The molecule has 116 valence electrons. The van der Waals surface area contributed by atoms with Crippen LogP contribution in [0.15, 0.2) is 54.7 Å². The van der Waals surface area contributed by atoms with E-state index in [4.69, 9.17) is 5.73 Å². The molecule has 0 bridgehead atoms. The molecule has 0 saturated carbocycles. The van der Waals surface area contributed by atoms with Crippen LogP contribution in [-0.4, -0.2) is 14.9 Å². The van der Waals surface area contributed by atoms with Crippen molar-refractivity contribution in [2.45, 2.75) is 0 Å². The first-order valence-corrected chi connectivity index (χ1v) is 6.97. The molecule has 2 aromatic heterocycles. The molecule has 1 aromatic carbocycles. The van der Waals surface area contributed by atoms with Gasteiger partial charge in [-0.2, -0.15) is 5.26 Å². The number of nitriles is 1. The van der Waals surface area contributed by atoms with E-state index in [9.17, 15) is 15.4 Å². The van der Waals surface area contributed by atoms with Crippen molar-refractivity contribution in [3.63, 3.8) is 0 Å². The first-order chi connectivity index (χ1) is 11.6. The minimum Gasteiger partial charge on any atom is -0.383 e. The maximum absolute atomic E-state index is 10.8. The summed E-state index contributed by atoms with van der Waals surface area (Å²) < 4.78 is 0. The molecule has 0 aliphatic carbocycles. The summed E-state index contributed by atoms with van der Waals surface area (Å²) in [5, 5.41) is 20.2. The Morgan fingerprint density at radius 2 is 1.88 bits per heavy atom. The topological polar surface area (TPSA) is 119 Å². The summed E-state index contributed by atoms with van der Waals surface area (Å²) in [5.41, 5.74) is 8.47. The van der Waals surface area contributed by atoms with E-state index in [0.717, 1.165) is 0 Å². The largest absolute Gasteiger partial charge is 0.383 e. The summed E-state index contributed by atoms with van der Waals surface area (Å²) in [7, 11) is 0. The van der Waals surface area contributed by atoms with Gasteiger partial charge in [-0.05, 0) is 35.9 Å². The van der Waals surface area contributed by atoms with Crippen molar-refractivity contribution in [2.24, 2.45) is 0 Å². The first kappa shape index (κ1) is 15.1. The summed E-state index contributed by atoms with van der Waals surface area (Å²) >= 11 is 0. The molecule has 2 N–H and O–H groups in total. The van der Waals surface area contributed by atoms with Gasteiger partial charge in [0.25, 0.3) is 5.69 Å². The van der Waals surface area contributed by atoms with Gasteiger partial charge in [-0.3, -0.25) is 15.1 Å². The number of nitro groups is 1. The standard InChI is InChI=1S/C17H11N5O2/c18-10-14-13(11-4-6-12(7-5-11)22(23)24)9-16(21-17(14)19)15-3-1-2-8-20-15/h1-9H,(H2,19,21). The van der Waals surface area contributed by atoms with Gasteiger partial charge in [-0.25, -0.2) is 4.98 Å². The van der Waals surface area contributed by atoms with Crippen molar-refractivity contribution in [2.75, 3.05) is 5.73 Å². The van der Waals surface area contributed by atoms with Gasteiger partial charge in [0.1, 0.15) is 17.5 Å². The van der Waals surface area contributed by atoms with Crippen molar-refractivity contribution in [1.29, 1.82) is 5.26 Å². The van der Waals surface area contributed by atoms with Crippen LogP contribution in [0, 0.1) is 21.4 Å². The van der Waals surface area contributed by atoms with Gasteiger partial charge in [-0.1, -0.05) is 6.07 Å². The fourth-order valence-electron chi connectivity index (χ4n) is 2.32. The normalized spacial score (nSPS) is 10.1. The van der Waals surface area contributed by atoms with Gasteiger partial charge in [0.2, 0.25) is 0 Å². The molecule has 0 aliphatic heterocycles. The summed E-state index contributed by atoms with van der Waals surface area (Å²) in [4.78, 5) is 18.8. The number of hydrogen-bond acceptors (Lipinski definition) is 6. The Morgan fingerprint density at radius 3 is 2.46 bits per heavy atom. The number of aromatic nitrogens is 2. The molecule has 24 heavy (non-hydrogen) atoms. The lowest BCUT2D eigenvalue weighted by atomic mass is 9.99. The van der Waals surface area contributed by atoms with Crippen molar-refractivity contribution >= 4 is 11.5 Å². The number of anilines is 1. The number of nitro benzene ring substituents is 1. The van der Waals surface area contributed by atoms with Crippen LogP contribution in [0.4, 0.5) is 11.5 Å². The number of nitrogen functional groups attached to an aromatic ring is 1. The van der Waals surface area contributed by atoms with E-state index in [1.54, 1.807) is 36.5 Å². The van der Waals surface area contributed by atoms with Crippen LogP contribution in [0.25, 0.3) is 22.5 Å². The van der Waals surface area contributed by atoms with Gasteiger partial charge in [-0.15, -0.1) is 0 Å². The lowest BCUT2D eigenvalue weighted by Crippen LogP contribution is -2.00. The van der Waals surface area contributed by atoms with Crippen LogP contribution in [-0.2, 0) is 0 Å². The number of nitrogens with zero attached hydrogens (tertiary/aromatic N) is 4. The summed E-state index contributed by atoms with van der Waals surface area (Å²) in [6, 6.07) is 15.1. The second-order valence-corrected chi connectivity index (χ2v) is 4.95. The fraction of sp³-hybridized carbons (Fsp3) is 0. The third-order valence-corrected chi connectivity index (χ3v) is 3.48. The predicted octanol–water partition coefficient (Wildman–Crippen LogP) is 3.17. The van der Waals surface area contributed by atoms with Crippen LogP contribution in [0.1, 0.15) is 5.56 Å². The molecular formula is C17H11N5O2. The molecule has 0 saturated heterocycles. The average molecular weight is 317 g/mol. The zero-order valence-corrected chi connectivity index (χ0v) is 12.4. The monoisotopic (exact) mass is 317 g/mol. The minimum atomic E-state index is -0.477. The third-order valence-electron chi connectivity index (χ3n) is 3.48. The lowest BCUT2D eigenvalue weighted by molar-refractivity contribution is -0.384. The summed E-state index contributed by atoms with van der Waals surface area (Å²) in [5.74, 6) is 0.0917. The molecule has 0 fully saturated rings. The highest BCUT2D eigenvalue weighted by molar-refractivity contribution is 5.79. The van der Waals surface area contributed by atoms with E-state index in [2.05, 4.69) is 9.97 Å². The average Bonchev–Trinajstić information content (AvgIpc) is 2.62. The Morgan fingerprint density at radius 1 is 1.12 bits per heavy atom. The van der Waals surface area contributed by atoms with E-state index in [1.165, 1.54) is 12.1 Å². The summed E-state index contributed by atoms with van der Waals surface area (Å²) in [6.07, 6.45) is 1.64.